The van der Waals surface area contributed by atoms with E-state index in [0.29, 0.717) is 19.4 Å². The van der Waals surface area contributed by atoms with Gasteiger partial charge in [-0.25, -0.2) is 4.79 Å². The first-order chi connectivity index (χ1) is 20.7. The Morgan fingerprint density at radius 2 is 1.47 bits per heavy atom. The van der Waals surface area contributed by atoms with Gasteiger partial charge in [0, 0.05) is 12.8 Å². The maximum Gasteiger partial charge on any atom is 0.337 e. The van der Waals surface area contributed by atoms with Crippen LogP contribution in [0.5, 0.6) is 0 Å². The number of esters is 1. The van der Waals surface area contributed by atoms with Crippen molar-refractivity contribution in [1.82, 2.24) is 0 Å². The zero-order valence-corrected chi connectivity index (χ0v) is 33.9. The number of ether oxygens (including phenoxy) is 3. The molecular weight excluding hydrogens is 617 g/mol. The molecule has 0 radical (unpaired) electrons. The summed E-state index contributed by atoms with van der Waals surface area (Å²) < 4.78 is 39.2. The van der Waals surface area contributed by atoms with Crippen molar-refractivity contribution >= 4 is 30.9 Å². The fourth-order valence-electron chi connectivity index (χ4n) is 5.25. The molecule has 3 atom stereocenters. The van der Waals surface area contributed by atoms with E-state index in [9.17, 15) is 4.79 Å². The summed E-state index contributed by atoms with van der Waals surface area (Å²) in [7, 11) is -5.30. The molecule has 0 spiro atoms. The molecule has 0 aromatic heterocycles. The molecule has 258 valence electrons. The van der Waals surface area contributed by atoms with Crippen molar-refractivity contribution < 1.29 is 32.3 Å². The summed E-state index contributed by atoms with van der Waals surface area (Å²) in [5.74, 6) is -0.382. The fourth-order valence-corrected chi connectivity index (χ4v) is 10.5. The fraction of sp³-hybridized carbons (Fsp3) is 0.743. The van der Waals surface area contributed by atoms with Gasteiger partial charge < -0.3 is 27.5 Å². The molecule has 1 aliphatic carbocycles. The van der Waals surface area contributed by atoms with Crippen LogP contribution in [-0.4, -0.2) is 62.6 Å². The maximum absolute atomic E-state index is 13.9. The lowest BCUT2D eigenvalue weighted by molar-refractivity contribution is -0.180. The van der Waals surface area contributed by atoms with Crippen LogP contribution < -0.4 is 0 Å². The standard InChI is InChI=1S/C35H64O7Si3/c1-15-45(16-2,17-3)40-26-29-23-35(32(36)37-10,42-44(13,14)34(7,8)9)24-30(31(29)41-43(11,12)33(4,5)6)39-27-38-25-28-21-19-18-20-22-28/h18-22,26,30-31H,15-17,23-25,27H2,1-14H3/b29-26+/t30-,31-,35+/m1/s1. The normalized spacial score (nSPS) is 22.8. The maximum atomic E-state index is 13.9. The molecule has 45 heavy (non-hydrogen) atoms. The molecule has 10 heteroatoms. The number of carbonyl (C=O) groups excluding carboxylic acids is 1. The molecule has 0 N–H and O–H groups in total. The van der Waals surface area contributed by atoms with Crippen LogP contribution in [0.2, 0.25) is 54.4 Å². The molecule has 1 aliphatic rings. The van der Waals surface area contributed by atoms with Crippen molar-refractivity contribution in [3.8, 4) is 0 Å². The Morgan fingerprint density at radius 3 is 1.96 bits per heavy atom. The summed E-state index contributed by atoms with van der Waals surface area (Å²) in [6.07, 6.45) is 1.63. The molecule has 0 unspecified atom stereocenters. The molecule has 0 saturated heterocycles. The lowest BCUT2D eigenvalue weighted by Crippen LogP contribution is -2.61. The minimum absolute atomic E-state index is 0.0311. The van der Waals surface area contributed by atoms with Crippen LogP contribution in [0.3, 0.4) is 0 Å². The van der Waals surface area contributed by atoms with Crippen LogP contribution in [0.25, 0.3) is 0 Å². The number of carbonyl (C=O) groups is 1. The Balaban J connectivity index is 2.67. The van der Waals surface area contributed by atoms with Gasteiger partial charge in [0.2, 0.25) is 8.32 Å². The van der Waals surface area contributed by atoms with E-state index in [1.54, 1.807) is 0 Å². The number of benzene rings is 1. The topological polar surface area (TPSA) is 72.5 Å². The summed E-state index contributed by atoms with van der Waals surface area (Å²) >= 11 is 0. The third-order valence-corrected chi connectivity index (χ3v) is 24.1. The molecule has 0 bridgehead atoms. The Bertz CT molecular complexity index is 1100. The highest BCUT2D eigenvalue weighted by molar-refractivity contribution is 6.75. The Kier molecular flexibility index (Phi) is 14.0. The predicted molar refractivity (Wildman–Crippen MR) is 192 cm³/mol. The average Bonchev–Trinajstić information content (AvgIpc) is 2.96. The van der Waals surface area contributed by atoms with Crippen molar-refractivity contribution in [2.24, 2.45) is 0 Å². The van der Waals surface area contributed by atoms with E-state index in [-0.39, 0.29) is 22.8 Å². The van der Waals surface area contributed by atoms with Crippen molar-refractivity contribution in [2.45, 2.75) is 154 Å². The minimum Gasteiger partial charge on any atom is -0.549 e. The van der Waals surface area contributed by atoms with Crippen LogP contribution in [0, 0.1) is 0 Å². The third kappa shape index (κ3) is 10.1. The highest BCUT2D eigenvalue weighted by atomic mass is 28.4. The first kappa shape index (κ1) is 39.9. The van der Waals surface area contributed by atoms with Gasteiger partial charge in [-0.2, -0.15) is 0 Å². The van der Waals surface area contributed by atoms with Gasteiger partial charge >= 0.3 is 5.97 Å². The number of hydrogen-bond acceptors (Lipinski definition) is 7. The van der Waals surface area contributed by atoms with Crippen molar-refractivity contribution in [3.05, 3.63) is 47.7 Å². The number of hydrogen-bond donors (Lipinski definition) is 0. The summed E-state index contributed by atoms with van der Waals surface area (Å²) in [6.45, 7) is 29.3. The summed E-state index contributed by atoms with van der Waals surface area (Å²) in [5.41, 5.74) is 0.729. The quantitative estimate of drug-likeness (QED) is 0.0601. The summed E-state index contributed by atoms with van der Waals surface area (Å²) in [5, 5.41) is -0.149. The summed E-state index contributed by atoms with van der Waals surface area (Å²) in [6, 6.07) is 13.1. The second kappa shape index (κ2) is 15.7. The van der Waals surface area contributed by atoms with Gasteiger partial charge in [-0.15, -0.1) is 0 Å². The molecule has 0 aliphatic heterocycles. The molecule has 7 nitrogen and oxygen atoms in total. The molecule has 2 rings (SSSR count). The second-order valence-corrected chi connectivity index (χ2v) is 29.9. The Hall–Kier alpha value is -1.28. The molecule has 0 heterocycles. The van der Waals surface area contributed by atoms with Crippen LogP contribution >= 0.6 is 0 Å². The van der Waals surface area contributed by atoms with E-state index >= 15 is 0 Å². The highest BCUT2D eigenvalue weighted by Crippen LogP contribution is 2.48. The van der Waals surface area contributed by atoms with Crippen molar-refractivity contribution in [1.29, 1.82) is 0 Å². The zero-order valence-electron chi connectivity index (χ0n) is 30.9. The zero-order chi connectivity index (χ0) is 34.3. The number of methoxy groups -OCH3 is 1. The average molecular weight is 681 g/mol. The minimum atomic E-state index is -2.44. The first-order valence-electron chi connectivity index (χ1n) is 16.8. The van der Waals surface area contributed by atoms with Crippen LogP contribution in [0.1, 0.15) is 80.7 Å². The SMILES string of the molecule is CC[Si](CC)(CC)O/C=C1\C[C@@](O[Si](C)(C)C(C)(C)C)(C(=O)OC)C[C@@H](OCOCc2ccccc2)[C@@H]1O[Si](C)(C)C(C)(C)C. The molecule has 0 amide bonds. The first-order valence-corrected chi connectivity index (χ1v) is 25.1. The Morgan fingerprint density at radius 1 is 0.911 bits per heavy atom. The summed E-state index contributed by atoms with van der Waals surface area (Å²) in [4.78, 5) is 13.9. The van der Waals surface area contributed by atoms with E-state index in [1.807, 2.05) is 36.6 Å². The van der Waals surface area contributed by atoms with Crippen LogP contribution in [-0.2, 0) is 38.9 Å². The smallest absolute Gasteiger partial charge is 0.337 e. The van der Waals surface area contributed by atoms with Gasteiger partial charge in [0.15, 0.2) is 22.2 Å². The predicted octanol–water partition coefficient (Wildman–Crippen LogP) is 9.57. The van der Waals surface area contributed by atoms with E-state index in [1.165, 1.54) is 7.11 Å². The van der Waals surface area contributed by atoms with Gasteiger partial charge in [-0.1, -0.05) is 92.6 Å². The monoisotopic (exact) mass is 680 g/mol. The van der Waals surface area contributed by atoms with Crippen molar-refractivity contribution in [2.75, 3.05) is 13.9 Å². The van der Waals surface area contributed by atoms with E-state index in [2.05, 4.69) is 88.5 Å². The van der Waals surface area contributed by atoms with E-state index in [4.69, 9.17) is 27.5 Å². The van der Waals surface area contributed by atoms with Gasteiger partial charge in [-0.05, 0) is 65.5 Å². The van der Waals surface area contributed by atoms with Crippen molar-refractivity contribution in [3.63, 3.8) is 0 Å². The molecule has 1 aromatic rings. The molecule has 1 saturated carbocycles. The Labute approximate surface area is 278 Å². The molecule has 1 aromatic carbocycles. The van der Waals surface area contributed by atoms with Gasteiger partial charge in [-0.3, -0.25) is 0 Å². The van der Waals surface area contributed by atoms with Crippen LogP contribution in [0.15, 0.2) is 42.2 Å². The van der Waals surface area contributed by atoms with Gasteiger partial charge in [0.25, 0.3) is 0 Å². The lowest BCUT2D eigenvalue weighted by atomic mass is 9.78. The lowest BCUT2D eigenvalue weighted by Gasteiger charge is -2.51. The number of rotatable bonds is 15. The molecular formula is C35H64O7Si3. The van der Waals surface area contributed by atoms with E-state index in [0.717, 1.165) is 29.3 Å². The van der Waals surface area contributed by atoms with Gasteiger partial charge in [0.1, 0.15) is 6.79 Å². The van der Waals surface area contributed by atoms with E-state index < -0.39 is 42.8 Å². The second-order valence-electron chi connectivity index (χ2n) is 15.7. The highest BCUT2D eigenvalue weighted by Gasteiger charge is 2.57. The third-order valence-electron chi connectivity index (χ3n) is 10.6. The largest absolute Gasteiger partial charge is 0.549 e. The van der Waals surface area contributed by atoms with Gasteiger partial charge in [0.05, 0.1) is 32.2 Å². The molecule has 1 fully saturated rings. The van der Waals surface area contributed by atoms with Crippen LogP contribution in [0.4, 0.5) is 0 Å².